The molecule has 0 aliphatic carbocycles. The fourth-order valence-electron chi connectivity index (χ4n) is 2.32. The Kier molecular flexibility index (Phi) is 3.25. The molecule has 2 N–H and O–H groups in total. The summed E-state index contributed by atoms with van der Waals surface area (Å²) >= 11 is 0. The lowest BCUT2D eigenvalue weighted by atomic mass is 10.1. The maximum Gasteiger partial charge on any atom is 0.115 e. The number of phenols is 1. The number of nitrogens with zero attached hydrogens (tertiary/aromatic N) is 1. The lowest BCUT2D eigenvalue weighted by Gasteiger charge is -2.10. The summed E-state index contributed by atoms with van der Waals surface area (Å²) in [4.78, 5) is 4.54. The van der Waals surface area contributed by atoms with E-state index in [0.29, 0.717) is 0 Å². The third kappa shape index (κ3) is 2.57. The average molecular weight is 264 g/mol. The van der Waals surface area contributed by atoms with Crippen LogP contribution in [0.2, 0.25) is 0 Å². The van der Waals surface area contributed by atoms with Crippen LogP contribution < -0.4 is 5.32 Å². The first-order chi connectivity index (χ1) is 9.72. The molecule has 0 unspecified atom stereocenters. The van der Waals surface area contributed by atoms with Crippen LogP contribution in [-0.2, 0) is 6.54 Å². The average Bonchev–Trinajstić information content (AvgIpc) is 2.46. The van der Waals surface area contributed by atoms with E-state index in [1.165, 1.54) is 10.9 Å². The van der Waals surface area contributed by atoms with Gasteiger partial charge in [0.15, 0.2) is 0 Å². The molecule has 1 aromatic heterocycles. The van der Waals surface area contributed by atoms with Gasteiger partial charge in [0, 0.05) is 23.3 Å². The highest BCUT2D eigenvalue weighted by molar-refractivity contribution is 5.82. The molecule has 2 aromatic carbocycles. The number of hydrogen-bond acceptors (Lipinski definition) is 3. The number of hydrogen-bond donors (Lipinski definition) is 2. The van der Waals surface area contributed by atoms with E-state index in [-0.39, 0.29) is 5.75 Å². The lowest BCUT2D eigenvalue weighted by molar-refractivity contribution is 0.475. The number of rotatable bonds is 3. The van der Waals surface area contributed by atoms with Gasteiger partial charge in [-0.15, -0.1) is 0 Å². The summed E-state index contributed by atoms with van der Waals surface area (Å²) in [7, 11) is 0. The second kappa shape index (κ2) is 5.21. The number of pyridine rings is 1. The van der Waals surface area contributed by atoms with Crippen LogP contribution in [0.25, 0.3) is 10.9 Å². The van der Waals surface area contributed by atoms with Gasteiger partial charge in [0.1, 0.15) is 5.75 Å². The summed E-state index contributed by atoms with van der Waals surface area (Å²) in [6.45, 7) is 2.74. The number of para-hydroxylation sites is 1. The van der Waals surface area contributed by atoms with Crippen LogP contribution in [0.5, 0.6) is 5.75 Å². The number of aryl methyl sites for hydroxylation is 1. The Hall–Kier alpha value is -2.55. The molecule has 100 valence electrons. The monoisotopic (exact) mass is 264 g/mol. The van der Waals surface area contributed by atoms with Crippen LogP contribution in [0.3, 0.4) is 0 Å². The SMILES string of the molecule is Cc1cc(CNc2ccc(O)cc2)c2ccccc2n1. The molecule has 0 saturated heterocycles. The Bertz CT molecular complexity index is 736. The molecule has 1 heterocycles. The second-order valence-electron chi connectivity index (χ2n) is 4.84. The van der Waals surface area contributed by atoms with Crippen LogP contribution >= 0.6 is 0 Å². The Morgan fingerprint density at radius 3 is 2.60 bits per heavy atom. The number of aromatic hydroxyl groups is 1. The van der Waals surface area contributed by atoms with Crippen molar-refractivity contribution in [3.8, 4) is 5.75 Å². The Morgan fingerprint density at radius 1 is 1.05 bits per heavy atom. The number of benzene rings is 2. The predicted molar refractivity (Wildman–Crippen MR) is 81.9 cm³/mol. The van der Waals surface area contributed by atoms with Crippen molar-refractivity contribution in [2.24, 2.45) is 0 Å². The topological polar surface area (TPSA) is 45.1 Å². The molecule has 0 radical (unpaired) electrons. The van der Waals surface area contributed by atoms with Gasteiger partial charge < -0.3 is 10.4 Å². The van der Waals surface area contributed by atoms with Crippen molar-refractivity contribution >= 4 is 16.6 Å². The van der Waals surface area contributed by atoms with Gasteiger partial charge in [0.05, 0.1) is 5.52 Å². The molecule has 0 fully saturated rings. The quantitative estimate of drug-likeness (QED) is 0.706. The van der Waals surface area contributed by atoms with Gasteiger partial charge in [-0.05, 0) is 48.9 Å². The zero-order chi connectivity index (χ0) is 13.9. The summed E-state index contributed by atoms with van der Waals surface area (Å²) in [5.41, 5.74) is 4.25. The van der Waals surface area contributed by atoms with Gasteiger partial charge in [-0.3, -0.25) is 4.98 Å². The van der Waals surface area contributed by atoms with Gasteiger partial charge in [-0.2, -0.15) is 0 Å². The molecule has 0 saturated carbocycles. The van der Waals surface area contributed by atoms with E-state index >= 15 is 0 Å². The number of nitrogens with one attached hydrogen (secondary N) is 1. The number of aromatic nitrogens is 1. The first-order valence-electron chi connectivity index (χ1n) is 6.60. The zero-order valence-corrected chi connectivity index (χ0v) is 11.3. The highest BCUT2D eigenvalue weighted by atomic mass is 16.3. The number of anilines is 1. The Morgan fingerprint density at radius 2 is 1.80 bits per heavy atom. The van der Waals surface area contributed by atoms with Crippen LogP contribution in [-0.4, -0.2) is 10.1 Å². The Balaban J connectivity index is 1.88. The van der Waals surface area contributed by atoms with Gasteiger partial charge in [0.25, 0.3) is 0 Å². The molecule has 0 aliphatic rings. The van der Waals surface area contributed by atoms with E-state index in [1.807, 2.05) is 37.3 Å². The first kappa shape index (κ1) is 12.5. The van der Waals surface area contributed by atoms with Gasteiger partial charge in [-0.25, -0.2) is 0 Å². The maximum atomic E-state index is 9.28. The molecule has 0 atom stereocenters. The highest BCUT2D eigenvalue weighted by Gasteiger charge is 2.03. The molecule has 0 spiro atoms. The standard InChI is InChI=1S/C17H16N2O/c1-12-10-13(16-4-2-3-5-17(16)19-12)11-18-14-6-8-15(20)9-7-14/h2-10,18,20H,11H2,1H3. The van der Waals surface area contributed by atoms with Gasteiger partial charge in [-0.1, -0.05) is 18.2 Å². The lowest BCUT2D eigenvalue weighted by Crippen LogP contribution is -2.01. The largest absolute Gasteiger partial charge is 0.508 e. The number of fused-ring (bicyclic) bond motifs is 1. The van der Waals surface area contributed by atoms with Crippen molar-refractivity contribution in [3.63, 3.8) is 0 Å². The summed E-state index contributed by atoms with van der Waals surface area (Å²) in [5.74, 6) is 0.278. The van der Waals surface area contributed by atoms with E-state index < -0.39 is 0 Å². The molecule has 3 aromatic rings. The normalized spacial score (nSPS) is 10.7. The summed E-state index contributed by atoms with van der Waals surface area (Å²) in [5, 5.41) is 13.8. The van der Waals surface area contributed by atoms with Crippen LogP contribution in [0, 0.1) is 6.92 Å². The zero-order valence-electron chi connectivity index (χ0n) is 11.3. The minimum Gasteiger partial charge on any atom is -0.508 e. The Labute approximate surface area is 117 Å². The molecule has 0 aliphatic heterocycles. The van der Waals surface area contributed by atoms with Crippen molar-refractivity contribution in [1.82, 2.24) is 4.98 Å². The van der Waals surface area contributed by atoms with Crippen molar-refractivity contribution < 1.29 is 5.11 Å². The molecular weight excluding hydrogens is 248 g/mol. The third-order valence-electron chi connectivity index (χ3n) is 3.28. The molecule has 0 amide bonds. The van der Waals surface area contributed by atoms with Crippen LogP contribution in [0.15, 0.2) is 54.6 Å². The summed E-state index contributed by atoms with van der Waals surface area (Å²) in [6.07, 6.45) is 0. The minimum atomic E-state index is 0.278. The molecule has 0 bridgehead atoms. The summed E-state index contributed by atoms with van der Waals surface area (Å²) < 4.78 is 0. The van der Waals surface area contributed by atoms with E-state index in [0.717, 1.165) is 23.4 Å². The van der Waals surface area contributed by atoms with Crippen molar-refractivity contribution in [2.45, 2.75) is 13.5 Å². The third-order valence-corrected chi connectivity index (χ3v) is 3.28. The van der Waals surface area contributed by atoms with E-state index in [1.54, 1.807) is 12.1 Å². The second-order valence-corrected chi connectivity index (χ2v) is 4.84. The number of phenolic OH excluding ortho intramolecular Hbond substituents is 1. The molecule has 3 rings (SSSR count). The maximum absolute atomic E-state index is 9.28. The van der Waals surface area contributed by atoms with Crippen molar-refractivity contribution in [1.29, 1.82) is 0 Å². The van der Waals surface area contributed by atoms with E-state index in [2.05, 4.69) is 22.4 Å². The van der Waals surface area contributed by atoms with E-state index in [9.17, 15) is 5.11 Å². The van der Waals surface area contributed by atoms with Crippen LogP contribution in [0.4, 0.5) is 5.69 Å². The molecule has 3 heteroatoms. The molecular formula is C17H16N2O. The van der Waals surface area contributed by atoms with Crippen molar-refractivity contribution in [2.75, 3.05) is 5.32 Å². The molecule has 3 nitrogen and oxygen atoms in total. The predicted octanol–water partition coefficient (Wildman–Crippen LogP) is 3.86. The van der Waals surface area contributed by atoms with Crippen molar-refractivity contribution in [3.05, 3.63) is 65.9 Å². The first-order valence-corrected chi connectivity index (χ1v) is 6.60. The van der Waals surface area contributed by atoms with Gasteiger partial charge in [0.2, 0.25) is 0 Å². The molecule has 20 heavy (non-hydrogen) atoms. The highest BCUT2D eigenvalue weighted by Crippen LogP contribution is 2.20. The van der Waals surface area contributed by atoms with E-state index in [4.69, 9.17) is 0 Å². The van der Waals surface area contributed by atoms with Gasteiger partial charge >= 0.3 is 0 Å². The van der Waals surface area contributed by atoms with Crippen LogP contribution in [0.1, 0.15) is 11.3 Å². The fourth-order valence-corrected chi connectivity index (χ4v) is 2.32. The smallest absolute Gasteiger partial charge is 0.115 e. The summed E-state index contributed by atoms with van der Waals surface area (Å²) in [6, 6.07) is 17.4. The fraction of sp³-hybridized carbons (Fsp3) is 0.118. The minimum absolute atomic E-state index is 0.278.